The standard InChI is InChI=1S/C42H62ClN3O10S/c1-24(2)57-23-40(6,7)17-16-34(47)45(9)27(5)38(49)55-33-21-35(48)46(10)29-19-28(20-30(52-11)36(29)43)18-25(3)14-13-15-32(53-12)42(51)22-31(54-39(50)44-42)26(4)37-41(33,8)56-37/h13-15,19-20,24,26-27,31-33,37,51H,16-18,21-23H2,1-12H3,(H,44,50)/b15-13+,25-14+/t26-,27+,31+,32-,33+,37+,41+,42+/m1/s1. The van der Waals surface area contributed by atoms with Crippen molar-refractivity contribution >= 4 is 52.9 Å². The highest BCUT2D eigenvalue weighted by atomic mass is 35.5. The summed E-state index contributed by atoms with van der Waals surface area (Å²) in [6.07, 6.45) is 1.89. The van der Waals surface area contributed by atoms with Crippen LogP contribution >= 0.6 is 23.4 Å². The van der Waals surface area contributed by atoms with E-state index in [9.17, 15) is 24.3 Å². The van der Waals surface area contributed by atoms with Gasteiger partial charge in [0, 0.05) is 40.0 Å². The van der Waals surface area contributed by atoms with Crippen molar-refractivity contribution in [1.29, 1.82) is 0 Å². The lowest BCUT2D eigenvalue weighted by atomic mass is 9.83. The monoisotopic (exact) mass is 835 g/mol. The molecule has 15 heteroatoms. The molecule has 0 unspecified atom stereocenters. The largest absolute Gasteiger partial charge is 0.495 e. The van der Waals surface area contributed by atoms with Crippen molar-refractivity contribution in [2.75, 3.05) is 39.0 Å². The van der Waals surface area contributed by atoms with Crippen LogP contribution in [0.1, 0.15) is 86.6 Å². The zero-order valence-electron chi connectivity index (χ0n) is 35.5. The Morgan fingerprint density at radius 1 is 1.21 bits per heavy atom. The van der Waals surface area contributed by atoms with Crippen LogP contribution in [0.4, 0.5) is 10.5 Å². The maximum atomic E-state index is 14.2. The number of anilines is 1. The molecule has 3 heterocycles. The molecule has 2 saturated heterocycles. The van der Waals surface area contributed by atoms with Crippen LogP contribution in [0.5, 0.6) is 5.75 Å². The van der Waals surface area contributed by atoms with E-state index in [1.807, 2.05) is 31.7 Å². The first-order valence-electron chi connectivity index (χ1n) is 19.5. The van der Waals surface area contributed by atoms with Gasteiger partial charge in [-0.15, -0.1) is 0 Å². The van der Waals surface area contributed by atoms with E-state index in [0.29, 0.717) is 29.5 Å². The molecule has 3 aliphatic rings. The summed E-state index contributed by atoms with van der Waals surface area (Å²) >= 11 is 8.64. The topological polar surface area (TPSA) is 156 Å². The van der Waals surface area contributed by atoms with Crippen molar-refractivity contribution in [1.82, 2.24) is 10.2 Å². The average Bonchev–Trinajstić information content (AvgIpc) is 3.85. The molecule has 0 radical (unpaired) electrons. The quantitative estimate of drug-likeness (QED) is 0.186. The normalized spacial score (nSPS) is 30.3. The molecular formula is C42H62ClN3O10S. The van der Waals surface area contributed by atoms with Gasteiger partial charge in [0.05, 0.1) is 25.3 Å². The molecule has 57 heavy (non-hydrogen) atoms. The van der Waals surface area contributed by atoms with Crippen LogP contribution in [0.15, 0.2) is 35.9 Å². The number of fused-ring (bicyclic) bond motifs is 5. The minimum Gasteiger partial charge on any atom is -0.495 e. The Kier molecular flexibility index (Phi) is 15.3. The Bertz CT molecular complexity index is 1720. The van der Waals surface area contributed by atoms with Crippen LogP contribution in [0.25, 0.3) is 0 Å². The molecule has 0 aliphatic carbocycles. The number of epoxide rings is 1. The first-order valence-corrected chi connectivity index (χ1v) is 20.9. The van der Waals surface area contributed by atoms with Gasteiger partial charge in [0.15, 0.2) is 5.72 Å². The molecule has 0 saturated carbocycles. The maximum Gasteiger partial charge on any atom is 0.409 e. The number of allylic oxidation sites excluding steroid dienone is 3. The van der Waals surface area contributed by atoms with Crippen molar-refractivity contribution in [3.05, 3.63) is 46.5 Å². The Morgan fingerprint density at radius 2 is 1.89 bits per heavy atom. The Hall–Kier alpha value is -3.30. The maximum absolute atomic E-state index is 14.2. The lowest BCUT2D eigenvalue weighted by molar-refractivity contribution is -0.162. The fourth-order valence-electron chi connectivity index (χ4n) is 7.30. The molecule has 3 aliphatic heterocycles. The molecular weight excluding hydrogens is 774 g/mol. The molecule has 1 aromatic carbocycles. The number of carbonyl (C=O) groups excluding carboxylic acids is 4. The zero-order chi connectivity index (χ0) is 42.6. The number of carbonyl (C=O) groups is 4. The second kappa shape index (κ2) is 18.7. The Morgan fingerprint density at radius 3 is 2.53 bits per heavy atom. The van der Waals surface area contributed by atoms with Crippen molar-refractivity contribution in [3.8, 4) is 5.75 Å². The van der Waals surface area contributed by atoms with Crippen LogP contribution in [0, 0.1) is 11.3 Å². The second-order valence-corrected chi connectivity index (χ2v) is 18.9. The zero-order valence-corrected chi connectivity index (χ0v) is 37.0. The fraction of sp³-hybridized carbons (Fsp3) is 0.667. The number of likely N-dealkylation sites (N-methyl/N-ethyl adjacent to an activating group) is 1. The Balaban J connectivity index is 1.68. The van der Waals surface area contributed by atoms with E-state index < -0.39 is 65.7 Å². The van der Waals surface area contributed by atoms with Crippen LogP contribution in [0.3, 0.4) is 0 Å². The van der Waals surface area contributed by atoms with Gasteiger partial charge in [-0.3, -0.25) is 14.9 Å². The molecule has 0 aromatic heterocycles. The number of aliphatic hydroxyl groups is 1. The predicted octanol–water partition coefficient (Wildman–Crippen LogP) is 6.46. The van der Waals surface area contributed by atoms with Crippen LogP contribution in [-0.2, 0) is 39.8 Å². The summed E-state index contributed by atoms with van der Waals surface area (Å²) in [5.74, 6) is -0.572. The Labute approximate surface area is 347 Å². The number of rotatable bonds is 11. The van der Waals surface area contributed by atoms with Crippen LogP contribution in [0.2, 0.25) is 5.02 Å². The number of hydrogen-bond donors (Lipinski definition) is 2. The third kappa shape index (κ3) is 11.3. The summed E-state index contributed by atoms with van der Waals surface area (Å²) in [4.78, 5) is 57.3. The van der Waals surface area contributed by atoms with E-state index >= 15 is 0 Å². The number of ether oxygens (including phenoxy) is 5. The molecule has 8 atom stereocenters. The smallest absolute Gasteiger partial charge is 0.409 e. The van der Waals surface area contributed by atoms with Gasteiger partial charge in [-0.1, -0.05) is 70.0 Å². The van der Waals surface area contributed by atoms with E-state index in [0.717, 1.165) is 16.9 Å². The molecule has 318 valence electrons. The molecule has 4 rings (SSSR count). The van der Waals surface area contributed by atoms with Gasteiger partial charge in [-0.05, 0) is 67.7 Å². The number of alkyl carbamates (subject to hydrolysis) is 1. The van der Waals surface area contributed by atoms with E-state index in [2.05, 4.69) is 33.0 Å². The number of hydrogen-bond acceptors (Lipinski definition) is 11. The number of amides is 3. The molecule has 4 bridgehead atoms. The predicted molar refractivity (Wildman–Crippen MR) is 222 cm³/mol. The van der Waals surface area contributed by atoms with Gasteiger partial charge in [0.1, 0.15) is 40.7 Å². The van der Waals surface area contributed by atoms with Gasteiger partial charge in [0.2, 0.25) is 11.8 Å². The van der Waals surface area contributed by atoms with E-state index in [1.54, 1.807) is 52.2 Å². The summed E-state index contributed by atoms with van der Waals surface area (Å²) in [5.41, 5.74) is -0.973. The van der Waals surface area contributed by atoms with Gasteiger partial charge in [-0.2, -0.15) is 11.8 Å². The molecule has 2 N–H and O–H groups in total. The van der Waals surface area contributed by atoms with Crippen molar-refractivity contribution in [2.24, 2.45) is 11.3 Å². The second-order valence-electron chi connectivity index (χ2n) is 16.9. The molecule has 13 nitrogen and oxygen atoms in total. The van der Waals surface area contributed by atoms with E-state index in [4.69, 9.17) is 35.3 Å². The first-order chi connectivity index (χ1) is 26.5. The first kappa shape index (κ1) is 46.4. The number of nitrogens with one attached hydrogen (secondary N) is 1. The van der Waals surface area contributed by atoms with Crippen LogP contribution < -0.4 is 15.0 Å². The number of halogens is 1. The summed E-state index contributed by atoms with van der Waals surface area (Å²) < 4.78 is 29.4. The van der Waals surface area contributed by atoms with Crippen molar-refractivity contribution < 1.29 is 48.0 Å². The van der Waals surface area contributed by atoms with Crippen molar-refractivity contribution in [3.63, 3.8) is 0 Å². The molecule has 0 spiro atoms. The number of methoxy groups -OCH3 is 2. The summed E-state index contributed by atoms with van der Waals surface area (Å²) in [5, 5.41) is 15.0. The number of esters is 1. The van der Waals surface area contributed by atoms with Crippen molar-refractivity contribution in [2.45, 2.75) is 135 Å². The molecule has 3 amide bonds. The highest BCUT2D eigenvalue weighted by molar-refractivity contribution is 7.99. The van der Waals surface area contributed by atoms with Crippen LogP contribution in [-0.4, -0.2) is 115 Å². The van der Waals surface area contributed by atoms with Gasteiger partial charge in [0.25, 0.3) is 0 Å². The minimum atomic E-state index is -1.83. The lowest BCUT2D eigenvalue weighted by Gasteiger charge is -2.42. The van der Waals surface area contributed by atoms with E-state index in [-0.39, 0.29) is 35.6 Å². The van der Waals surface area contributed by atoms with Gasteiger partial charge in [-0.25, -0.2) is 9.59 Å². The molecule has 2 fully saturated rings. The molecule has 1 aromatic rings. The minimum absolute atomic E-state index is 0.0471. The third-order valence-corrected chi connectivity index (χ3v) is 13.3. The van der Waals surface area contributed by atoms with Gasteiger partial charge >= 0.3 is 12.1 Å². The van der Waals surface area contributed by atoms with Gasteiger partial charge < -0.3 is 38.6 Å². The third-order valence-electron chi connectivity index (χ3n) is 11.3. The lowest BCUT2D eigenvalue weighted by Crippen LogP contribution is -2.63. The highest BCUT2D eigenvalue weighted by Gasteiger charge is 2.64. The van der Waals surface area contributed by atoms with E-state index in [1.165, 1.54) is 24.0 Å². The summed E-state index contributed by atoms with van der Waals surface area (Å²) in [6.45, 7) is 15.6. The fourth-order valence-corrected chi connectivity index (χ4v) is 8.55. The SMILES string of the molecule is COc1cc2cc(c1Cl)N(C)C(=O)C[C@H](OC(=O)[C@H](C)N(C)C(=O)CCC(C)(C)CSC(C)C)[C@]1(C)O[C@H]1[C@H](C)[C@@H]1C[C@@](O)(NC(=O)O1)[C@H](OC)/C=C/C=C(\C)C2. The summed E-state index contributed by atoms with van der Waals surface area (Å²) in [7, 11) is 6.10. The average molecular weight is 836 g/mol. The number of benzene rings is 1. The number of nitrogens with zero attached hydrogens (tertiary/aromatic N) is 2. The highest BCUT2D eigenvalue weighted by Crippen LogP contribution is 2.49. The summed E-state index contributed by atoms with van der Waals surface area (Å²) in [6, 6.07) is 2.63. The number of thioether (sulfide) groups is 1.